The van der Waals surface area contributed by atoms with Crippen LogP contribution in [0, 0.1) is 0 Å². The summed E-state index contributed by atoms with van der Waals surface area (Å²) < 4.78 is 10.1. The number of ether oxygens (including phenoxy) is 2. The minimum Gasteiger partial charge on any atom is -0.466 e. The minimum atomic E-state index is -0.578. The van der Waals surface area contributed by atoms with Crippen molar-refractivity contribution in [3.63, 3.8) is 0 Å². The lowest BCUT2D eigenvalue weighted by molar-refractivity contribution is -0.143. The molecule has 1 aliphatic carbocycles. The SMILES string of the molecule is CCOC(=O)CCCNC(=O)COC(=O)c1ccccc1Sc1ncnc2sc3c(c12)CCC3. The monoisotopic (exact) mass is 499 g/mol. The van der Waals surface area contributed by atoms with Gasteiger partial charge in [-0.2, -0.15) is 0 Å². The number of fused-ring (bicyclic) bond motifs is 3. The lowest BCUT2D eigenvalue weighted by Crippen LogP contribution is -2.30. The van der Waals surface area contributed by atoms with E-state index in [1.165, 1.54) is 22.2 Å². The van der Waals surface area contributed by atoms with Gasteiger partial charge < -0.3 is 14.8 Å². The van der Waals surface area contributed by atoms with Crippen LogP contribution in [0.4, 0.5) is 0 Å². The number of nitrogens with one attached hydrogen (secondary N) is 1. The van der Waals surface area contributed by atoms with Crippen LogP contribution < -0.4 is 5.32 Å². The molecule has 10 heteroatoms. The first-order chi connectivity index (χ1) is 16.6. The number of rotatable bonds is 10. The van der Waals surface area contributed by atoms with Gasteiger partial charge in [-0.05, 0) is 50.3 Å². The maximum absolute atomic E-state index is 12.7. The van der Waals surface area contributed by atoms with E-state index < -0.39 is 18.5 Å². The van der Waals surface area contributed by atoms with Gasteiger partial charge in [-0.25, -0.2) is 14.8 Å². The third kappa shape index (κ3) is 5.74. The number of benzene rings is 1. The molecule has 1 amide bonds. The Morgan fingerprint density at radius 1 is 1.15 bits per heavy atom. The Bertz CT molecular complexity index is 1210. The summed E-state index contributed by atoms with van der Waals surface area (Å²) in [5.74, 6) is -1.30. The minimum absolute atomic E-state index is 0.224. The quantitative estimate of drug-likeness (QED) is 0.254. The fourth-order valence-electron chi connectivity index (χ4n) is 3.76. The number of aryl methyl sites for hydroxylation is 2. The fourth-order valence-corrected chi connectivity index (χ4v) is 6.09. The van der Waals surface area contributed by atoms with Crippen LogP contribution in [0.5, 0.6) is 0 Å². The number of thiophene rings is 1. The molecule has 1 aliphatic rings. The van der Waals surface area contributed by atoms with E-state index in [0.717, 1.165) is 34.5 Å². The van der Waals surface area contributed by atoms with Crippen LogP contribution in [0.25, 0.3) is 10.2 Å². The molecule has 0 radical (unpaired) electrons. The zero-order valence-electron chi connectivity index (χ0n) is 18.8. The Morgan fingerprint density at radius 2 is 2.00 bits per heavy atom. The van der Waals surface area contributed by atoms with Crippen LogP contribution in [0.3, 0.4) is 0 Å². The molecule has 178 valence electrons. The molecule has 0 saturated carbocycles. The molecule has 8 nitrogen and oxygen atoms in total. The normalized spacial score (nSPS) is 12.4. The van der Waals surface area contributed by atoms with Crippen molar-refractivity contribution < 1.29 is 23.9 Å². The van der Waals surface area contributed by atoms with Gasteiger partial charge in [-0.3, -0.25) is 9.59 Å². The highest BCUT2D eigenvalue weighted by molar-refractivity contribution is 7.99. The van der Waals surface area contributed by atoms with Crippen molar-refractivity contribution in [2.24, 2.45) is 0 Å². The molecule has 34 heavy (non-hydrogen) atoms. The summed E-state index contributed by atoms with van der Waals surface area (Å²) in [6, 6.07) is 7.13. The van der Waals surface area contributed by atoms with Gasteiger partial charge in [0.2, 0.25) is 0 Å². The Labute approximate surface area is 205 Å². The zero-order chi connectivity index (χ0) is 23.9. The summed E-state index contributed by atoms with van der Waals surface area (Å²) in [7, 11) is 0. The van der Waals surface area contributed by atoms with Crippen molar-refractivity contribution in [2.75, 3.05) is 19.8 Å². The molecule has 0 atom stereocenters. The molecule has 0 bridgehead atoms. The van der Waals surface area contributed by atoms with Crippen molar-refractivity contribution >= 4 is 51.2 Å². The lowest BCUT2D eigenvalue weighted by atomic mass is 10.2. The second-order valence-electron chi connectivity index (χ2n) is 7.65. The van der Waals surface area contributed by atoms with Gasteiger partial charge >= 0.3 is 11.9 Å². The van der Waals surface area contributed by atoms with Gasteiger partial charge in [0.1, 0.15) is 16.2 Å². The van der Waals surface area contributed by atoms with Crippen LogP contribution in [0.2, 0.25) is 0 Å². The summed E-state index contributed by atoms with van der Waals surface area (Å²) in [6.07, 6.45) is 5.48. The number of amides is 1. The average molecular weight is 500 g/mol. The van der Waals surface area contributed by atoms with Crippen LogP contribution in [0.1, 0.15) is 47.0 Å². The molecule has 0 fully saturated rings. The smallest absolute Gasteiger partial charge is 0.339 e. The van der Waals surface area contributed by atoms with Gasteiger partial charge in [0.05, 0.1) is 12.2 Å². The van der Waals surface area contributed by atoms with Crippen LogP contribution in [0.15, 0.2) is 40.5 Å². The summed E-state index contributed by atoms with van der Waals surface area (Å²) >= 11 is 3.13. The maximum Gasteiger partial charge on any atom is 0.339 e. The number of hydrogen-bond donors (Lipinski definition) is 1. The second kappa shape index (κ2) is 11.4. The van der Waals surface area contributed by atoms with E-state index in [2.05, 4.69) is 15.3 Å². The Balaban J connectivity index is 1.37. The first kappa shape index (κ1) is 24.2. The molecule has 0 unspecified atom stereocenters. The first-order valence-corrected chi connectivity index (χ1v) is 12.8. The standard InChI is InChI=1S/C24H25N3O5S2/c1-2-31-20(29)11-6-12-25-19(28)13-32-24(30)16-7-3-4-9-18(16)34-23-21-15-8-5-10-17(15)33-22(21)26-14-27-23/h3-4,7,9,14H,2,5-6,8,10-13H2,1H3,(H,25,28). The average Bonchev–Trinajstić information content (AvgIpc) is 3.42. The van der Waals surface area contributed by atoms with E-state index in [1.807, 2.05) is 12.1 Å². The topological polar surface area (TPSA) is 107 Å². The molecule has 1 aromatic carbocycles. The number of hydrogen-bond acceptors (Lipinski definition) is 9. The predicted octanol–water partition coefficient (Wildman–Crippen LogP) is 3.95. The maximum atomic E-state index is 12.7. The van der Waals surface area contributed by atoms with E-state index in [4.69, 9.17) is 9.47 Å². The van der Waals surface area contributed by atoms with Crippen molar-refractivity contribution in [1.82, 2.24) is 15.3 Å². The number of carbonyl (C=O) groups is 3. The first-order valence-electron chi connectivity index (χ1n) is 11.2. The Hall–Kier alpha value is -2.98. The molecule has 1 N–H and O–H groups in total. The molecular formula is C24H25N3O5S2. The van der Waals surface area contributed by atoms with E-state index in [1.54, 1.807) is 36.7 Å². The van der Waals surface area contributed by atoms with Gasteiger partial charge in [0.15, 0.2) is 6.61 Å². The summed E-state index contributed by atoms with van der Waals surface area (Å²) in [6.45, 7) is 1.98. The van der Waals surface area contributed by atoms with E-state index in [9.17, 15) is 14.4 Å². The third-order valence-electron chi connectivity index (χ3n) is 5.30. The molecule has 2 heterocycles. The van der Waals surface area contributed by atoms with Gasteiger partial charge in [0.25, 0.3) is 5.91 Å². The summed E-state index contributed by atoms with van der Waals surface area (Å²) in [4.78, 5) is 48.1. The lowest BCUT2D eigenvalue weighted by Gasteiger charge is -2.10. The number of carbonyl (C=O) groups excluding carboxylic acids is 3. The fraction of sp³-hybridized carbons (Fsp3) is 0.375. The predicted molar refractivity (Wildman–Crippen MR) is 129 cm³/mol. The van der Waals surface area contributed by atoms with Gasteiger partial charge in [-0.1, -0.05) is 23.9 Å². The second-order valence-corrected chi connectivity index (χ2v) is 9.76. The van der Waals surface area contributed by atoms with Crippen LogP contribution in [-0.4, -0.2) is 47.6 Å². The zero-order valence-corrected chi connectivity index (χ0v) is 20.4. The molecular weight excluding hydrogens is 474 g/mol. The van der Waals surface area contributed by atoms with E-state index in [0.29, 0.717) is 30.0 Å². The van der Waals surface area contributed by atoms with Crippen LogP contribution in [-0.2, 0) is 31.9 Å². The largest absolute Gasteiger partial charge is 0.466 e. The summed E-state index contributed by atoms with van der Waals surface area (Å²) in [5, 5.41) is 4.54. The Morgan fingerprint density at radius 3 is 2.85 bits per heavy atom. The molecule has 2 aromatic heterocycles. The molecule has 4 rings (SSSR count). The van der Waals surface area contributed by atoms with E-state index in [-0.39, 0.29) is 12.4 Å². The van der Waals surface area contributed by atoms with Crippen molar-refractivity contribution in [3.05, 3.63) is 46.6 Å². The molecule has 0 spiro atoms. The number of nitrogens with zero attached hydrogens (tertiary/aromatic N) is 2. The Kier molecular flexibility index (Phi) is 8.12. The highest BCUT2D eigenvalue weighted by Gasteiger charge is 2.23. The summed E-state index contributed by atoms with van der Waals surface area (Å²) in [5.41, 5.74) is 1.70. The molecule has 0 aliphatic heterocycles. The van der Waals surface area contributed by atoms with Crippen molar-refractivity contribution in [1.29, 1.82) is 0 Å². The van der Waals surface area contributed by atoms with Gasteiger partial charge in [0, 0.05) is 28.1 Å². The van der Waals surface area contributed by atoms with Gasteiger partial charge in [-0.15, -0.1) is 11.3 Å². The third-order valence-corrected chi connectivity index (χ3v) is 7.58. The molecule has 0 saturated heterocycles. The molecule has 3 aromatic rings. The number of esters is 2. The highest BCUT2D eigenvalue weighted by atomic mass is 32.2. The number of aromatic nitrogens is 2. The highest BCUT2D eigenvalue weighted by Crippen LogP contribution is 2.42. The van der Waals surface area contributed by atoms with E-state index >= 15 is 0 Å². The van der Waals surface area contributed by atoms with Crippen molar-refractivity contribution in [3.8, 4) is 0 Å². The van der Waals surface area contributed by atoms with Crippen molar-refractivity contribution in [2.45, 2.75) is 48.9 Å². The van der Waals surface area contributed by atoms with Crippen LogP contribution >= 0.6 is 23.1 Å².